The van der Waals surface area contributed by atoms with E-state index in [1.165, 1.54) is 10.4 Å². The number of halogens is 1. The van der Waals surface area contributed by atoms with Crippen LogP contribution in [0.15, 0.2) is 24.3 Å². The lowest BCUT2D eigenvalue weighted by Crippen LogP contribution is -2.34. The van der Waals surface area contributed by atoms with Gasteiger partial charge in [-0.2, -0.15) is 0 Å². The molecule has 128 valence electrons. The van der Waals surface area contributed by atoms with Gasteiger partial charge in [-0.15, -0.1) is 11.3 Å². The van der Waals surface area contributed by atoms with Crippen LogP contribution in [0.4, 0.5) is 9.93 Å². The van der Waals surface area contributed by atoms with Crippen LogP contribution in [-0.2, 0) is 19.5 Å². The van der Waals surface area contributed by atoms with Crippen molar-refractivity contribution in [1.29, 1.82) is 0 Å². The molecule has 3 rings (SSSR count). The number of carbonyl (C=O) groups is 1. The van der Waals surface area contributed by atoms with E-state index in [4.69, 9.17) is 11.6 Å². The minimum absolute atomic E-state index is 0.104. The van der Waals surface area contributed by atoms with Crippen LogP contribution < -0.4 is 10.6 Å². The van der Waals surface area contributed by atoms with Crippen molar-refractivity contribution in [3.63, 3.8) is 0 Å². The number of benzene rings is 1. The van der Waals surface area contributed by atoms with Gasteiger partial charge in [0, 0.05) is 42.0 Å². The zero-order valence-electron chi connectivity index (χ0n) is 13.8. The molecule has 1 aliphatic heterocycles. The van der Waals surface area contributed by atoms with Gasteiger partial charge in [0.05, 0.1) is 5.69 Å². The Morgan fingerprint density at radius 3 is 3.04 bits per heavy atom. The molecule has 0 aliphatic carbocycles. The number of nitrogens with one attached hydrogen (secondary N) is 2. The Kier molecular flexibility index (Phi) is 5.38. The minimum atomic E-state index is -0.202. The predicted molar refractivity (Wildman–Crippen MR) is 98.7 cm³/mol. The molecule has 1 aromatic carbocycles. The smallest absolute Gasteiger partial charge is 0.321 e. The number of anilines is 1. The zero-order valence-corrected chi connectivity index (χ0v) is 15.4. The van der Waals surface area contributed by atoms with Gasteiger partial charge in [0.15, 0.2) is 5.13 Å². The first-order chi connectivity index (χ1) is 11.5. The molecule has 1 aromatic heterocycles. The Balaban J connectivity index is 1.62. The molecule has 0 fully saturated rings. The van der Waals surface area contributed by atoms with E-state index in [9.17, 15) is 4.79 Å². The van der Waals surface area contributed by atoms with Crippen LogP contribution in [0.3, 0.4) is 0 Å². The summed E-state index contributed by atoms with van der Waals surface area (Å²) in [5.41, 5.74) is 2.31. The van der Waals surface area contributed by atoms with Crippen molar-refractivity contribution >= 4 is 34.1 Å². The van der Waals surface area contributed by atoms with Gasteiger partial charge >= 0.3 is 6.03 Å². The summed E-state index contributed by atoms with van der Waals surface area (Å²) in [4.78, 5) is 20.0. The third-order valence-corrected chi connectivity index (χ3v) is 4.98. The summed E-state index contributed by atoms with van der Waals surface area (Å²) < 4.78 is 0. The van der Waals surface area contributed by atoms with Gasteiger partial charge < -0.3 is 5.32 Å². The van der Waals surface area contributed by atoms with Gasteiger partial charge in [0.1, 0.15) is 0 Å². The number of nitrogens with zero attached hydrogens (tertiary/aromatic N) is 2. The number of hydrogen-bond donors (Lipinski definition) is 2. The van der Waals surface area contributed by atoms with Crippen molar-refractivity contribution in [2.75, 3.05) is 11.9 Å². The van der Waals surface area contributed by atoms with E-state index in [-0.39, 0.29) is 12.1 Å². The van der Waals surface area contributed by atoms with Crippen molar-refractivity contribution in [2.45, 2.75) is 39.4 Å². The van der Waals surface area contributed by atoms with Crippen LogP contribution in [0, 0.1) is 0 Å². The van der Waals surface area contributed by atoms with Crippen LogP contribution in [-0.4, -0.2) is 28.5 Å². The van der Waals surface area contributed by atoms with Gasteiger partial charge in [0.2, 0.25) is 0 Å². The number of fused-ring (bicyclic) bond motifs is 1. The third kappa shape index (κ3) is 4.47. The summed E-state index contributed by atoms with van der Waals surface area (Å²) in [6.45, 7) is 6.54. The van der Waals surface area contributed by atoms with Gasteiger partial charge in [-0.1, -0.05) is 23.7 Å². The van der Waals surface area contributed by atoms with Crippen LogP contribution in [0.25, 0.3) is 0 Å². The molecule has 0 radical (unpaired) electrons. The lowest BCUT2D eigenvalue weighted by atomic mass is 10.1. The summed E-state index contributed by atoms with van der Waals surface area (Å²) >= 11 is 7.62. The molecule has 2 amide bonds. The summed E-state index contributed by atoms with van der Waals surface area (Å²) in [6.07, 6.45) is 0.903. The SMILES string of the molecule is CC(C)NC(=O)Nc1nc2c(s1)CN(Cc1cccc(Cl)c1)CC2. The Morgan fingerprint density at radius 1 is 1.46 bits per heavy atom. The standard InChI is InChI=1S/C17H21ClN4OS/c1-11(2)19-16(23)21-17-20-14-6-7-22(10-15(14)24-17)9-12-4-3-5-13(18)8-12/h3-5,8,11H,6-7,9-10H2,1-2H3,(H2,19,20,21,23). The van der Waals surface area contributed by atoms with Crippen LogP contribution in [0.5, 0.6) is 0 Å². The molecule has 7 heteroatoms. The van der Waals surface area contributed by atoms with Crippen molar-refractivity contribution in [1.82, 2.24) is 15.2 Å². The second kappa shape index (κ2) is 7.51. The molecule has 2 aromatic rings. The maximum absolute atomic E-state index is 11.8. The van der Waals surface area contributed by atoms with E-state index >= 15 is 0 Å². The van der Waals surface area contributed by atoms with E-state index in [0.717, 1.165) is 36.8 Å². The Labute approximate surface area is 151 Å². The van der Waals surface area contributed by atoms with Crippen LogP contribution >= 0.6 is 22.9 Å². The van der Waals surface area contributed by atoms with Gasteiger partial charge in [0.25, 0.3) is 0 Å². The van der Waals surface area contributed by atoms with Gasteiger partial charge in [-0.05, 0) is 31.5 Å². The fourth-order valence-electron chi connectivity index (χ4n) is 2.73. The number of aromatic nitrogens is 1. The van der Waals surface area contributed by atoms with Crippen molar-refractivity contribution in [3.8, 4) is 0 Å². The molecule has 2 N–H and O–H groups in total. The highest BCUT2D eigenvalue weighted by Crippen LogP contribution is 2.29. The summed E-state index contributed by atoms with van der Waals surface area (Å²) in [7, 11) is 0. The maximum Gasteiger partial charge on any atom is 0.321 e. The molecule has 0 bridgehead atoms. The largest absolute Gasteiger partial charge is 0.336 e. The first-order valence-corrected chi connectivity index (χ1v) is 9.22. The third-order valence-electron chi connectivity index (χ3n) is 3.75. The van der Waals surface area contributed by atoms with Crippen molar-refractivity contribution < 1.29 is 4.79 Å². The topological polar surface area (TPSA) is 57.3 Å². The molecule has 0 spiro atoms. The number of amides is 2. The number of carbonyl (C=O) groups excluding carboxylic acids is 1. The lowest BCUT2D eigenvalue weighted by Gasteiger charge is -2.25. The quantitative estimate of drug-likeness (QED) is 0.865. The van der Waals surface area contributed by atoms with Crippen molar-refractivity contribution in [3.05, 3.63) is 45.4 Å². The molecule has 0 unspecified atom stereocenters. The highest BCUT2D eigenvalue weighted by atomic mass is 35.5. The molecule has 0 saturated heterocycles. The molecule has 24 heavy (non-hydrogen) atoms. The lowest BCUT2D eigenvalue weighted by molar-refractivity contribution is 0.247. The number of thiazole rings is 1. The number of urea groups is 1. The van der Waals surface area contributed by atoms with E-state index in [1.54, 1.807) is 11.3 Å². The second-order valence-electron chi connectivity index (χ2n) is 6.23. The van der Waals surface area contributed by atoms with E-state index < -0.39 is 0 Å². The molecule has 1 aliphatic rings. The van der Waals surface area contributed by atoms with Crippen molar-refractivity contribution in [2.24, 2.45) is 0 Å². The summed E-state index contributed by atoms with van der Waals surface area (Å²) in [5.74, 6) is 0. The number of rotatable bonds is 4. The first-order valence-electron chi connectivity index (χ1n) is 8.02. The van der Waals surface area contributed by atoms with Gasteiger partial charge in [-0.3, -0.25) is 10.2 Å². The molecular weight excluding hydrogens is 344 g/mol. The molecule has 5 nitrogen and oxygen atoms in total. The summed E-state index contributed by atoms with van der Waals surface area (Å²) in [5, 5.41) is 7.07. The Morgan fingerprint density at radius 2 is 2.29 bits per heavy atom. The predicted octanol–water partition coefficient (Wildman–Crippen LogP) is 3.88. The zero-order chi connectivity index (χ0) is 17.1. The molecule has 0 atom stereocenters. The normalized spacial score (nSPS) is 14.5. The van der Waals surface area contributed by atoms with Gasteiger partial charge in [-0.25, -0.2) is 9.78 Å². The fraction of sp³-hybridized carbons (Fsp3) is 0.412. The van der Waals surface area contributed by atoms with E-state index in [1.807, 2.05) is 32.0 Å². The first kappa shape index (κ1) is 17.2. The average Bonchev–Trinajstić information content (AvgIpc) is 2.87. The monoisotopic (exact) mass is 364 g/mol. The average molecular weight is 365 g/mol. The molecular formula is C17H21ClN4OS. The Bertz CT molecular complexity index is 731. The molecule has 0 saturated carbocycles. The van der Waals surface area contributed by atoms with E-state index in [2.05, 4.69) is 26.6 Å². The fourth-order valence-corrected chi connectivity index (χ4v) is 3.98. The summed E-state index contributed by atoms with van der Waals surface area (Å²) in [6, 6.07) is 7.88. The Hall–Kier alpha value is -1.63. The maximum atomic E-state index is 11.8. The van der Waals surface area contributed by atoms with E-state index in [0.29, 0.717) is 5.13 Å². The highest BCUT2D eigenvalue weighted by molar-refractivity contribution is 7.15. The minimum Gasteiger partial charge on any atom is -0.336 e. The van der Waals surface area contributed by atoms with Crippen LogP contribution in [0.1, 0.15) is 30.0 Å². The second-order valence-corrected chi connectivity index (χ2v) is 7.75. The highest BCUT2D eigenvalue weighted by Gasteiger charge is 2.21. The molecule has 2 heterocycles. The number of hydrogen-bond acceptors (Lipinski definition) is 4. The van der Waals surface area contributed by atoms with Crippen LogP contribution in [0.2, 0.25) is 5.02 Å².